The minimum Gasteiger partial charge on any atom is -0.480 e. The Bertz CT molecular complexity index is 1220. The van der Waals surface area contributed by atoms with Gasteiger partial charge in [-0.3, -0.25) is 33.6 Å². The maximum absolute atomic E-state index is 11.7. The fourth-order valence-corrected chi connectivity index (χ4v) is 4.59. The number of esters is 3. The third kappa shape index (κ3) is 15.0. The summed E-state index contributed by atoms with van der Waals surface area (Å²) in [5.41, 5.74) is 10.7. The zero-order valence-corrected chi connectivity index (χ0v) is 28.4. The van der Waals surface area contributed by atoms with E-state index in [1.807, 2.05) is 0 Å². The standard InChI is InChI=1S/C17H26N2O11.C11H20N2O8/c1-7(20)19-13-15(29-10(4)23)14(28-9(3)22)12(6-26-8(2)21)30-17(13)27-5-11(18)16(24)25;1-4(15)13-7-9(17)8(16)6(2-14)21-11(7)20-3-5(12)10(18)19/h11-15,17H,5-6,18H2,1-4H3,(H,19,20)(H,24,25);5-9,11,14,16-17H,2-3,12H2,1H3,(H,13,15)(H,18,19)/t11?,12?,13?,14-,15-,17-;5?,6?,7?,8-,9-,11-/m11/s1. The summed E-state index contributed by atoms with van der Waals surface area (Å²) in [5, 5.41) is 51.2. The van der Waals surface area contributed by atoms with E-state index in [9.17, 15) is 43.8 Å². The van der Waals surface area contributed by atoms with Crippen molar-refractivity contribution in [3.8, 4) is 0 Å². The van der Waals surface area contributed by atoms with Crippen LogP contribution < -0.4 is 22.1 Å². The molecule has 0 aliphatic carbocycles. The molecule has 292 valence electrons. The Labute approximate surface area is 290 Å². The van der Waals surface area contributed by atoms with Crippen LogP contribution in [0.15, 0.2) is 0 Å². The van der Waals surface area contributed by atoms with Gasteiger partial charge in [-0.2, -0.15) is 0 Å². The van der Waals surface area contributed by atoms with Gasteiger partial charge >= 0.3 is 29.8 Å². The number of carboxylic acid groups (broad SMARTS) is 2. The lowest BCUT2D eigenvalue weighted by Gasteiger charge is -2.45. The van der Waals surface area contributed by atoms with Gasteiger partial charge in [-0.05, 0) is 0 Å². The van der Waals surface area contributed by atoms with Crippen LogP contribution in [0.25, 0.3) is 0 Å². The van der Waals surface area contributed by atoms with Crippen molar-refractivity contribution in [2.45, 2.75) is 108 Å². The van der Waals surface area contributed by atoms with Crippen molar-refractivity contribution < 1.29 is 92.3 Å². The number of hydrogen-bond donors (Lipinski definition) is 9. The van der Waals surface area contributed by atoms with Gasteiger partial charge in [0.1, 0.15) is 55.2 Å². The summed E-state index contributed by atoms with van der Waals surface area (Å²) in [7, 11) is 0. The number of carboxylic acids is 2. The molecule has 0 aromatic heterocycles. The molecule has 0 aromatic carbocycles. The van der Waals surface area contributed by atoms with E-state index in [4.69, 9.17) is 59.9 Å². The van der Waals surface area contributed by atoms with Crippen molar-refractivity contribution in [2.24, 2.45) is 11.5 Å². The van der Waals surface area contributed by atoms with E-state index in [1.54, 1.807) is 0 Å². The van der Waals surface area contributed by atoms with E-state index < -0.39 is 141 Å². The van der Waals surface area contributed by atoms with E-state index in [-0.39, 0.29) is 0 Å². The number of aliphatic carboxylic acids is 2. The second kappa shape index (κ2) is 21.3. The lowest BCUT2D eigenvalue weighted by molar-refractivity contribution is -0.278. The molecule has 2 aliphatic heterocycles. The first-order valence-electron chi connectivity index (χ1n) is 15.2. The molecule has 23 nitrogen and oxygen atoms in total. The molecule has 2 fully saturated rings. The zero-order chi connectivity index (χ0) is 39.2. The fraction of sp³-hybridized carbons (Fsp3) is 0.750. The molecule has 2 saturated heterocycles. The van der Waals surface area contributed by atoms with Gasteiger partial charge in [0.05, 0.1) is 19.8 Å². The highest BCUT2D eigenvalue weighted by atomic mass is 16.7. The van der Waals surface area contributed by atoms with Gasteiger partial charge in [-0.15, -0.1) is 0 Å². The number of carbonyl (C=O) groups is 7. The second-order valence-corrected chi connectivity index (χ2v) is 11.2. The number of aliphatic hydroxyl groups is 3. The second-order valence-electron chi connectivity index (χ2n) is 11.2. The average Bonchev–Trinajstić information content (AvgIpc) is 3.02. The molecule has 12 atom stereocenters. The predicted molar refractivity (Wildman–Crippen MR) is 162 cm³/mol. The Balaban J connectivity index is 0.000000543. The van der Waals surface area contributed by atoms with Gasteiger partial charge in [0.2, 0.25) is 11.8 Å². The topological polar surface area (TPSA) is 361 Å². The van der Waals surface area contributed by atoms with Gasteiger partial charge in [0.25, 0.3) is 0 Å². The third-order valence-electron chi connectivity index (χ3n) is 6.84. The summed E-state index contributed by atoms with van der Waals surface area (Å²) in [4.78, 5) is 78.9. The zero-order valence-electron chi connectivity index (χ0n) is 28.4. The first kappa shape index (κ1) is 45.0. The summed E-state index contributed by atoms with van der Waals surface area (Å²) in [5.74, 6) is -5.86. The molecule has 2 heterocycles. The number of nitrogens with two attached hydrogens (primary N) is 2. The van der Waals surface area contributed by atoms with Crippen molar-refractivity contribution >= 4 is 41.7 Å². The molecule has 51 heavy (non-hydrogen) atoms. The monoisotopic (exact) mass is 742 g/mol. The van der Waals surface area contributed by atoms with Crippen molar-refractivity contribution in [3.63, 3.8) is 0 Å². The third-order valence-corrected chi connectivity index (χ3v) is 6.84. The molecule has 23 heteroatoms. The van der Waals surface area contributed by atoms with Gasteiger partial charge in [-0.25, -0.2) is 0 Å². The van der Waals surface area contributed by atoms with Crippen LogP contribution in [0.5, 0.6) is 0 Å². The van der Waals surface area contributed by atoms with Crippen molar-refractivity contribution in [1.29, 1.82) is 0 Å². The predicted octanol–water partition coefficient (Wildman–Crippen LogP) is -5.57. The molecule has 2 rings (SSSR count). The number of amides is 2. The van der Waals surface area contributed by atoms with Crippen LogP contribution in [0.4, 0.5) is 0 Å². The van der Waals surface area contributed by atoms with E-state index in [0.29, 0.717) is 0 Å². The molecule has 11 N–H and O–H groups in total. The molecular weight excluding hydrogens is 696 g/mol. The van der Waals surface area contributed by atoms with Gasteiger partial charge in [0, 0.05) is 34.6 Å². The van der Waals surface area contributed by atoms with E-state index in [1.165, 1.54) is 13.8 Å². The molecule has 0 bridgehead atoms. The van der Waals surface area contributed by atoms with E-state index in [0.717, 1.165) is 20.8 Å². The van der Waals surface area contributed by atoms with Crippen LogP contribution in [0, 0.1) is 0 Å². The summed E-state index contributed by atoms with van der Waals surface area (Å²) in [6.45, 7) is 3.79. The van der Waals surface area contributed by atoms with Crippen LogP contribution in [0.2, 0.25) is 0 Å². The van der Waals surface area contributed by atoms with Gasteiger partial charge in [-0.1, -0.05) is 0 Å². The maximum Gasteiger partial charge on any atom is 0.322 e. The Kier molecular flexibility index (Phi) is 18.8. The highest BCUT2D eigenvalue weighted by Crippen LogP contribution is 2.28. The minimum atomic E-state index is -1.45. The smallest absolute Gasteiger partial charge is 0.322 e. The largest absolute Gasteiger partial charge is 0.480 e. The van der Waals surface area contributed by atoms with Gasteiger partial charge < -0.3 is 80.8 Å². The van der Waals surface area contributed by atoms with Crippen LogP contribution in [-0.2, 0) is 66.7 Å². The number of rotatable bonds is 15. The van der Waals surface area contributed by atoms with Crippen molar-refractivity contribution in [1.82, 2.24) is 10.6 Å². The Hall–Kier alpha value is -4.07. The molecule has 0 radical (unpaired) electrons. The molecule has 6 unspecified atom stereocenters. The first-order chi connectivity index (χ1) is 23.7. The van der Waals surface area contributed by atoms with Crippen molar-refractivity contribution in [3.05, 3.63) is 0 Å². The summed E-state index contributed by atoms with van der Waals surface area (Å²) >= 11 is 0. The maximum atomic E-state index is 11.7. The Morgan fingerprint density at radius 3 is 1.51 bits per heavy atom. The van der Waals surface area contributed by atoms with E-state index in [2.05, 4.69) is 10.6 Å². The van der Waals surface area contributed by atoms with E-state index >= 15 is 0 Å². The molecular formula is C28H46N4O19. The van der Waals surface area contributed by atoms with Crippen LogP contribution in [-0.4, -0.2) is 167 Å². The number of hydrogen-bond acceptors (Lipinski definition) is 19. The van der Waals surface area contributed by atoms with Crippen LogP contribution >= 0.6 is 0 Å². The number of carbonyl (C=O) groups excluding carboxylic acids is 5. The van der Waals surface area contributed by atoms with Gasteiger partial charge in [0.15, 0.2) is 24.8 Å². The minimum absolute atomic E-state index is 0.400. The quantitative estimate of drug-likeness (QED) is 0.0558. The Morgan fingerprint density at radius 2 is 1.10 bits per heavy atom. The molecule has 2 aliphatic rings. The lowest BCUT2D eigenvalue weighted by Crippen LogP contribution is -2.66. The summed E-state index contributed by atoms with van der Waals surface area (Å²) in [6.07, 6.45) is -10.3. The SMILES string of the molecule is CC(=O)NC1[C@H](OCC(N)C(=O)O)OC(CO)[C@@H](O)[C@@H]1O.CC(=O)NC1[C@H](OCC(N)C(=O)O)OC(COC(C)=O)[C@@H](OC(C)=O)[C@@H]1OC(C)=O. The molecule has 0 saturated carbocycles. The fourth-order valence-electron chi connectivity index (χ4n) is 4.59. The lowest BCUT2D eigenvalue weighted by atomic mass is 9.96. The summed E-state index contributed by atoms with van der Waals surface area (Å²) in [6, 6.07) is -5.04. The highest BCUT2D eigenvalue weighted by molar-refractivity contribution is 5.75. The normalized spacial score (nSPS) is 29.8. The highest BCUT2D eigenvalue weighted by Gasteiger charge is 2.51. The van der Waals surface area contributed by atoms with Crippen LogP contribution in [0.3, 0.4) is 0 Å². The number of nitrogens with one attached hydrogen (secondary N) is 2. The molecule has 2 amide bonds. The number of aliphatic hydroxyl groups excluding tert-OH is 3. The van der Waals surface area contributed by atoms with Crippen molar-refractivity contribution in [2.75, 3.05) is 26.4 Å². The first-order valence-corrected chi connectivity index (χ1v) is 15.2. The summed E-state index contributed by atoms with van der Waals surface area (Å²) < 4.78 is 36.8. The molecule has 0 spiro atoms. The number of ether oxygens (including phenoxy) is 7. The molecule has 0 aromatic rings. The average molecular weight is 743 g/mol. The van der Waals surface area contributed by atoms with Crippen LogP contribution in [0.1, 0.15) is 34.6 Å². The Morgan fingerprint density at radius 1 is 0.667 bits per heavy atom.